The number of rotatable bonds is 3. The number of carbonyl (C=O) groups is 1. The van der Waals surface area contributed by atoms with Crippen molar-refractivity contribution >= 4 is 16.7 Å². The standard InChI is InChI=1S/C16H20N4O/c1-18-14-5-3-2-4-12(14)13(17-18)10-16(21)15-11-19-6-8-20(15)9-7-19/h2-5,15H,6-11H2,1H3. The van der Waals surface area contributed by atoms with E-state index in [0.29, 0.717) is 12.2 Å². The van der Waals surface area contributed by atoms with Gasteiger partial charge in [-0.05, 0) is 6.07 Å². The van der Waals surface area contributed by atoms with E-state index in [9.17, 15) is 4.79 Å². The molecule has 3 aliphatic heterocycles. The lowest BCUT2D eigenvalue weighted by Crippen LogP contribution is -2.63. The van der Waals surface area contributed by atoms with Gasteiger partial charge in [0.15, 0.2) is 5.78 Å². The summed E-state index contributed by atoms with van der Waals surface area (Å²) < 4.78 is 1.87. The van der Waals surface area contributed by atoms with Gasteiger partial charge in [0, 0.05) is 45.2 Å². The molecule has 1 aromatic carbocycles. The van der Waals surface area contributed by atoms with Crippen molar-refractivity contribution in [3.8, 4) is 0 Å². The second kappa shape index (κ2) is 4.93. The maximum Gasteiger partial charge on any atom is 0.157 e. The zero-order valence-electron chi connectivity index (χ0n) is 12.3. The van der Waals surface area contributed by atoms with Crippen molar-refractivity contribution in [2.24, 2.45) is 7.05 Å². The third kappa shape index (κ3) is 2.17. The fourth-order valence-corrected chi connectivity index (χ4v) is 3.63. The van der Waals surface area contributed by atoms with Crippen LogP contribution in [0.1, 0.15) is 5.69 Å². The highest BCUT2D eigenvalue weighted by Crippen LogP contribution is 2.21. The van der Waals surface area contributed by atoms with Gasteiger partial charge in [-0.2, -0.15) is 5.10 Å². The van der Waals surface area contributed by atoms with Crippen LogP contribution >= 0.6 is 0 Å². The first-order valence-corrected chi connectivity index (χ1v) is 7.62. The molecule has 1 atom stereocenters. The molecule has 3 saturated heterocycles. The number of hydrogen-bond acceptors (Lipinski definition) is 4. The molecule has 0 aliphatic carbocycles. The number of fused-ring (bicyclic) bond motifs is 4. The minimum Gasteiger partial charge on any atom is -0.299 e. The van der Waals surface area contributed by atoms with Crippen molar-refractivity contribution in [2.45, 2.75) is 12.5 Å². The molecule has 3 aliphatic rings. The van der Waals surface area contributed by atoms with E-state index in [1.54, 1.807) is 0 Å². The summed E-state index contributed by atoms with van der Waals surface area (Å²) in [7, 11) is 1.94. The number of nitrogens with zero attached hydrogens (tertiary/aromatic N) is 4. The summed E-state index contributed by atoms with van der Waals surface area (Å²) in [5.41, 5.74) is 2.00. The third-order valence-electron chi connectivity index (χ3n) is 4.83. The molecule has 1 unspecified atom stereocenters. The molecule has 0 saturated carbocycles. The number of piperazine rings is 3. The third-order valence-corrected chi connectivity index (χ3v) is 4.83. The number of aromatic nitrogens is 2. The second-order valence-corrected chi connectivity index (χ2v) is 6.08. The highest BCUT2D eigenvalue weighted by molar-refractivity contribution is 5.91. The summed E-state index contributed by atoms with van der Waals surface area (Å²) in [5.74, 6) is 0.309. The average Bonchev–Trinajstić information content (AvgIpc) is 2.85. The number of aryl methyl sites for hydroxylation is 1. The first-order valence-electron chi connectivity index (χ1n) is 7.62. The normalized spacial score (nSPS) is 28.1. The summed E-state index contributed by atoms with van der Waals surface area (Å²) in [4.78, 5) is 17.4. The van der Waals surface area contributed by atoms with Crippen LogP contribution in [0.4, 0.5) is 0 Å². The highest BCUT2D eigenvalue weighted by atomic mass is 16.1. The molecule has 1 aromatic heterocycles. The lowest BCUT2D eigenvalue weighted by molar-refractivity contribution is -0.128. The van der Waals surface area contributed by atoms with Crippen LogP contribution in [0.3, 0.4) is 0 Å². The van der Waals surface area contributed by atoms with Gasteiger partial charge < -0.3 is 0 Å². The van der Waals surface area contributed by atoms with Crippen LogP contribution in [0, 0.1) is 0 Å². The second-order valence-electron chi connectivity index (χ2n) is 6.08. The minimum atomic E-state index is 0.0632. The van der Waals surface area contributed by atoms with Gasteiger partial charge in [-0.15, -0.1) is 0 Å². The van der Waals surface area contributed by atoms with E-state index in [1.807, 2.05) is 29.9 Å². The van der Waals surface area contributed by atoms with Gasteiger partial charge in [0.1, 0.15) is 0 Å². The summed E-state index contributed by atoms with van der Waals surface area (Å²) in [6.45, 7) is 5.16. The van der Waals surface area contributed by atoms with Crippen molar-refractivity contribution in [2.75, 3.05) is 32.7 Å². The Bertz CT molecular complexity index is 685. The van der Waals surface area contributed by atoms with Crippen molar-refractivity contribution in [1.82, 2.24) is 19.6 Å². The molecule has 0 spiro atoms. The molecule has 2 aromatic rings. The quantitative estimate of drug-likeness (QED) is 0.831. The number of carbonyl (C=O) groups excluding carboxylic acids is 1. The lowest BCUT2D eigenvalue weighted by Gasteiger charge is -2.46. The fourth-order valence-electron chi connectivity index (χ4n) is 3.63. The Morgan fingerprint density at radius 3 is 2.71 bits per heavy atom. The van der Waals surface area contributed by atoms with Crippen molar-refractivity contribution < 1.29 is 4.79 Å². The summed E-state index contributed by atoms with van der Waals surface area (Å²) >= 11 is 0. The Labute approximate surface area is 124 Å². The molecule has 21 heavy (non-hydrogen) atoms. The largest absolute Gasteiger partial charge is 0.299 e. The predicted molar refractivity (Wildman–Crippen MR) is 81.2 cm³/mol. The number of para-hydroxylation sites is 1. The van der Waals surface area contributed by atoms with Crippen LogP contribution in [0.25, 0.3) is 10.9 Å². The monoisotopic (exact) mass is 284 g/mol. The van der Waals surface area contributed by atoms with E-state index in [4.69, 9.17) is 0 Å². The van der Waals surface area contributed by atoms with Gasteiger partial charge in [-0.25, -0.2) is 0 Å². The highest BCUT2D eigenvalue weighted by Gasteiger charge is 2.36. The molecular weight excluding hydrogens is 264 g/mol. The summed E-state index contributed by atoms with van der Waals surface area (Å²) in [6, 6.07) is 8.19. The van der Waals surface area contributed by atoms with Crippen molar-refractivity contribution in [3.63, 3.8) is 0 Å². The molecule has 5 nitrogen and oxygen atoms in total. The molecule has 0 amide bonds. The average molecular weight is 284 g/mol. The van der Waals surface area contributed by atoms with Crippen molar-refractivity contribution in [1.29, 1.82) is 0 Å². The first kappa shape index (κ1) is 13.0. The van der Waals surface area contributed by atoms with Crippen LogP contribution in [-0.2, 0) is 18.3 Å². The van der Waals surface area contributed by atoms with Gasteiger partial charge in [-0.1, -0.05) is 18.2 Å². The van der Waals surface area contributed by atoms with Crippen LogP contribution in [0.15, 0.2) is 24.3 Å². The van der Waals surface area contributed by atoms with Gasteiger partial charge in [0.05, 0.1) is 23.7 Å². The zero-order valence-corrected chi connectivity index (χ0v) is 12.3. The maximum atomic E-state index is 12.7. The first-order chi connectivity index (χ1) is 10.2. The van der Waals surface area contributed by atoms with E-state index in [-0.39, 0.29) is 6.04 Å². The molecule has 110 valence electrons. The SMILES string of the molecule is Cn1nc(CC(=O)C2CN3CCN2CC3)c2ccccc21. The van der Waals surface area contributed by atoms with Crippen LogP contribution in [0.5, 0.6) is 0 Å². The summed E-state index contributed by atoms with van der Waals surface area (Å²) in [6.07, 6.45) is 0.441. The molecule has 4 heterocycles. The molecule has 5 rings (SSSR count). The number of ketones is 1. The van der Waals surface area contributed by atoms with E-state index in [2.05, 4.69) is 21.0 Å². The molecular formula is C16H20N4O. The van der Waals surface area contributed by atoms with E-state index < -0.39 is 0 Å². The molecule has 0 radical (unpaired) electrons. The fraction of sp³-hybridized carbons (Fsp3) is 0.500. The Morgan fingerprint density at radius 1 is 1.24 bits per heavy atom. The smallest absolute Gasteiger partial charge is 0.157 e. The van der Waals surface area contributed by atoms with Gasteiger partial charge in [0.2, 0.25) is 0 Å². The topological polar surface area (TPSA) is 41.4 Å². The minimum absolute atomic E-state index is 0.0632. The van der Waals surface area contributed by atoms with E-state index >= 15 is 0 Å². The summed E-state index contributed by atoms with van der Waals surface area (Å²) in [5, 5.41) is 5.65. The lowest BCUT2D eigenvalue weighted by atomic mass is 9.99. The van der Waals surface area contributed by atoms with Crippen molar-refractivity contribution in [3.05, 3.63) is 30.0 Å². The Morgan fingerprint density at radius 2 is 2.00 bits per heavy atom. The molecule has 3 fully saturated rings. The van der Waals surface area contributed by atoms with Gasteiger partial charge in [-0.3, -0.25) is 19.3 Å². The molecule has 0 N–H and O–H groups in total. The van der Waals surface area contributed by atoms with Crippen LogP contribution < -0.4 is 0 Å². The van der Waals surface area contributed by atoms with Gasteiger partial charge in [0.25, 0.3) is 0 Å². The van der Waals surface area contributed by atoms with Crippen LogP contribution in [0.2, 0.25) is 0 Å². The number of hydrogen-bond donors (Lipinski definition) is 0. The molecule has 5 heteroatoms. The van der Waals surface area contributed by atoms with E-state index in [1.165, 1.54) is 0 Å². The number of benzene rings is 1. The van der Waals surface area contributed by atoms with Crippen LogP contribution in [-0.4, -0.2) is 64.1 Å². The molecule has 2 bridgehead atoms. The zero-order chi connectivity index (χ0) is 14.4. The Kier molecular flexibility index (Phi) is 3.05. The maximum absolute atomic E-state index is 12.7. The van der Waals surface area contributed by atoms with Gasteiger partial charge >= 0.3 is 0 Å². The van der Waals surface area contributed by atoms with E-state index in [0.717, 1.165) is 49.3 Å². The Hall–Kier alpha value is -1.72. The predicted octanol–water partition coefficient (Wildman–Crippen LogP) is 0.685. The number of Topliss-reactive ketones (excluding diaryl/α,β-unsaturated/α-hetero) is 1. The Balaban J connectivity index is 1.59.